The second-order valence-electron chi connectivity index (χ2n) is 2.09. The summed E-state index contributed by atoms with van der Waals surface area (Å²) in [6.45, 7) is 0. The van der Waals surface area contributed by atoms with Gasteiger partial charge in [-0.1, -0.05) is 12.1 Å². The number of halogens is 4. The molecule has 7 heteroatoms. The minimum absolute atomic E-state index is 0. The highest BCUT2D eigenvalue weighted by Crippen LogP contribution is 2.30. The van der Waals surface area contributed by atoms with Gasteiger partial charge in [-0.25, -0.2) is 4.39 Å². The van der Waals surface area contributed by atoms with Crippen molar-refractivity contribution in [2.24, 2.45) is 0 Å². The quantitative estimate of drug-likeness (QED) is 0.500. The van der Waals surface area contributed by atoms with E-state index >= 15 is 0 Å². The summed E-state index contributed by atoms with van der Waals surface area (Å²) in [6.07, 6.45) is -4.59. The van der Waals surface area contributed by atoms with Gasteiger partial charge in [0.05, 0.1) is 5.56 Å². The predicted octanol–water partition coefficient (Wildman–Crippen LogP) is 1.35. The third-order valence-electron chi connectivity index (χ3n) is 1.18. The number of hydrogen-bond acceptors (Lipinski definition) is 2. The van der Waals surface area contributed by atoms with Crippen molar-refractivity contribution in [3.63, 3.8) is 0 Å². The molecule has 0 bridgehead atoms. The van der Waals surface area contributed by atoms with Gasteiger partial charge < -0.3 is 10.0 Å². The maximum Gasteiger partial charge on any atom is 0.482 e. The Balaban J connectivity index is 0.000000500. The van der Waals surface area contributed by atoms with Gasteiger partial charge in [0.2, 0.25) is 0 Å². The zero-order valence-corrected chi connectivity index (χ0v) is 6.79. The lowest BCUT2D eigenvalue weighted by atomic mass is 10.2. The van der Waals surface area contributed by atoms with Crippen molar-refractivity contribution in [1.82, 2.24) is 0 Å². The molecule has 0 aliphatic rings. The van der Waals surface area contributed by atoms with Crippen LogP contribution in [0.3, 0.4) is 0 Å². The standard InChI is InChI=1S/C7H4F4.BH2O2/c8-6-4-2-1-3-5(6)7(9,10)11;2-1-3/h1-4H;2-3H. The largest absolute Gasteiger partial charge is 0.482 e. The topological polar surface area (TPSA) is 40.5 Å². The fourth-order valence-corrected chi connectivity index (χ4v) is 0.691. The Morgan fingerprint density at radius 1 is 1.07 bits per heavy atom. The molecule has 14 heavy (non-hydrogen) atoms. The van der Waals surface area contributed by atoms with E-state index in [4.69, 9.17) is 10.0 Å². The maximum atomic E-state index is 12.4. The molecule has 0 spiro atoms. The molecule has 1 rings (SSSR count). The van der Waals surface area contributed by atoms with Gasteiger partial charge >= 0.3 is 13.9 Å². The summed E-state index contributed by atoms with van der Waals surface area (Å²) in [7, 11) is 0. The highest BCUT2D eigenvalue weighted by molar-refractivity contribution is 6.13. The molecular weight excluding hydrogens is 203 g/mol. The number of hydrogen-bond donors (Lipinski definition) is 2. The Morgan fingerprint density at radius 2 is 1.50 bits per heavy atom. The monoisotopic (exact) mass is 209 g/mol. The molecule has 1 radical (unpaired) electrons. The molecule has 1 aromatic carbocycles. The molecule has 0 aromatic heterocycles. The maximum absolute atomic E-state index is 12.4. The lowest BCUT2D eigenvalue weighted by Crippen LogP contribution is -2.07. The molecule has 0 saturated carbocycles. The number of alkyl halides is 3. The average Bonchev–Trinajstić information content (AvgIpc) is 2.04. The van der Waals surface area contributed by atoms with Crippen molar-refractivity contribution in [1.29, 1.82) is 0 Å². The minimum atomic E-state index is -4.59. The van der Waals surface area contributed by atoms with E-state index in [0.29, 0.717) is 6.07 Å². The van der Waals surface area contributed by atoms with Crippen LogP contribution in [0.15, 0.2) is 24.3 Å². The van der Waals surface area contributed by atoms with Crippen molar-refractivity contribution >= 4 is 7.69 Å². The predicted molar refractivity (Wildman–Crippen MR) is 41.6 cm³/mol. The normalized spacial score (nSPS) is 10.1. The number of benzene rings is 1. The second-order valence-corrected chi connectivity index (χ2v) is 2.09. The lowest BCUT2D eigenvalue weighted by molar-refractivity contribution is -0.140. The second kappa shape index (κ2) is 5.61. The Hall–Kier alpha value is -1.08. The van der Waals surface area contributed by atoms with Gasteiger partial charge in [0, 0.05) is 0 Å². The Labute approximate surface area is 78.1 Å². The van der Waals surface area contributed by atoms with E-state index in [1.807, 2.05) is 0 Å². The van der Waals surface area contributed by atoms with Crippen LogP contribution in [0.2, 0.25) is 0 Å². The van der Waals surface area contributed by atoms with Crippen molar-refractivity contribution in [3.05, 3.63) is 35.6 Å². The highest BCUT2D eigenvalue weighted by Gasteiger charge is 2.33. The average molecular weight is 209 g/mol. The first-order valence-corrected chi connectivity index (χ1v) is 3.35. The molecule has 0 aliphatic heterocycles. The van der Waals surface area contributed by atoms with Gasteiger partial charge in [-0.3, -0.25) is 0 Å². The SMILES string of the molecule is Fc1ccccc1C(F)(F)F.O[B]O. The van der Waals surface area contributed by atoms with E-state index in [9.17, 15) is 17.6 Å². The van der Waals surface area contributed by atoms with Crippen LogP contribution in [0, 0.1) is 5.82 Å². The zero-order chi connectivity index (χ0) is 11.2. The molecule has 0 saturated heterocycles. The summed E-state index contributed by atoms with van der Waals surface area (Å²) < 4.78 is 47.8. The van der Waals surface area contributed by atoms with Crippen LogP contribution in [-0.2, 0) is 6.18 Å². The van der Waals surface area contributed by atoms with Crippen molar-refractivity contribution < 1.29 is 27.6 Å². The lowest BCUT2D eigenvalue weighted by Gasteiger charge is -2.05. The van der Waals surface area contributed by atoms with Crippen LogP contribution < -0.4 is 0 Å². The molecule has 0 heterocycles. The molecular formula is C7H6BF4O2. The van der Waals surface area contributed by atoms with Gasteiger partial charge in [0.1, 0.15) is 5.82 Å². The van der Waals surface area contributed by atoms with E-state index in [1.54, 1.807) is 0 Å². The smallest absolute Gasteiger partial charge is 0.429 e. The number of rotatable bonds is 0. The van der Waals surface area contributed by atoms with E-state index in [-0.39, 0.29) is 7.69 Å². The third kappa shape index (κ3) is 4.24. The molecule has 0 aliphatic carbocycles. The Bertz CT molecular complexity index is 277. The zero-order valence-electron chi connectivity index (χ0n) is 6.79. The Kier molecular flexibility index (Phi) is 5.18. The first-order chi connectivity index (χ1) is 6.43. The molecule has 1 aromatic rings. The summed E-state index contributed by atoms with van der Waals surface area (Å²) in [5.74, 6) is -1.24. The molecule has 0 amide bonds. The van der Waals surface area contributed by atoms with Crippen LogP contribution in [-0.4, -0.2) is 17.7 Å². The summed E-state index contributed by atoms with van der Waals surface area (Å²) in [4.78, 5) is 0. The van der Waals surface area contributed by atoms with Gasteiger partial charge in [-0.15, -0.1) is 0 Å². The molecule has 0 fully saturated rings. The van der Waals surface area contributed by atoms with Crippen LogP contribution in [0.4, 0.5) is 17.6 Å². The van der Waals surface area contributed by atoms with Gasteiger partial charge in [-0.05, 0) is 12.1 Å². The van der Waals surface area contributed by atoms with Gasteiger partial charge in [0.15, 0.2) is 0 Å². The Morgan fingerprint density at radius 3 is 1.79 bits per heavy atom. The minimum Gasteiger partial charge on any atom is -0.429 e. The van der Waals surface area contributed by atoms with Crippen molar-refractivity contribution in [2.75, 3.05) is 0 Å². The highest BCUT2D eigenvalue weighted by atomic mass is 19.4. The molecule has 0 unspecified atom stereocenters. The first-order valence-electron chi connectivity index (χ1n) is 3.35. The molecule has 2 nitrogen and oxygen atoms in total. The van der Waals surface area contributed by atoms with Gasteiger partial charge in [0.25, 0.3) is 0 Å². The van der Waals surface area contributed by atoms with E-state index in [2.05, 4.69) is 0 Å². The van der Waals surface area contributed by atoms with E-state index < -0.39 is 17.6 Å². The summed E-state index contributed by atoms with van der Waals surface area (Å²) in [5.41, 5.74) is -1.22. The van der Waals surface area contributed by atoms with Crippen LogP contribution in [0.1, 0.15) is 5.56 Å². The third-order valence-corrected chi connectivity index (χ3v) is 1.18. The van der Waals surface area contributed by atoms with E-state index in [0.717, 1.165) is 12.1 Å². The summed E-state index contributed by atoms with van der Waals surface area (Å²) in [5, 5.41) is 14.0. The fraction of sp³-hybridized carbons (Fsp3) is 0.143. The van der Waals surface area contributed by atoms with E-state index in [1.165, 1.54) is 6.07 Å². The van der Waals surface area contributed by atoms with Crippen molar-refractivity contribution in [3.8, 4) is 0 Å². The first kappa shape index (κ1) is 12.9. The van der Waals surface area contributed by atoms with Gasteiger partial charge in [-0.2, -0.15) is 13.2 Å². The molecule has 77 valence electrons. The fourth-order valence-electron chi connectivity index (χ4n) is 0.691. The summed E-state index contributed by atoms with van der Waals surface area (Å²) in [6, 6.07) is 3.84. The summed E-state index contributed by atoms with van der Waals surface area (Å²) >= 11 is 0. The van der Waals surface area contributed by atoms with Crippen molar-refractivity contribution in [2.45, 2.75) is 6.18 Å². The van der Waals surface area contributed by atoms with Crippen LogP contribution >= 0.6 is 0 Å². The van der Waals surface area contributed by atoms with Crippen LogP contribution in [0.25, 0.3) is 0 Å². The van der Waals surface area contributed by atoms with Crippen LogP contribution in [0.5, 0.6) is 0 Å². The molecule has 2 N–H and O–H groups in total. The molecule has 0 atom stereocenters.